The van der Waals surface area contributed by atoms with Gasteiger partial charge in [-0.05, 0) is 73.9 Å². The number of phenols is 1. The first-order valence-electron chi connectivity index (χ1n) is 11.5. The van der Waals surface area contributed by atoms with Crippen LogP contribution < -0.4 is 20.9 Å². The summed E-state index contributed by atoms with van der Waals surface area (Å²) >= 11 is 0. The zero-order chi connectivity index (χ0) is 22.9. The van der Waals surface area contributed by atoms with Gasteiger partial charge in [-0.1, -0.05) is 6.07 Å². The standard InChI is InChI=1S/C25H28N4O4/c1-26-24(31)18-10-17-16(15-4-3-9-27-12-15)11-19(28-23(17)29-25(18)32)22-20(30)5-2-6-21(22)33-13-14-7-8-14/h2,5-6,10-11,14-15,27,30H,3-4,7-9,12-13H2,1H3,(H,26,31)(H,28,29,32). The molecule has 172 valence electrons. The van der Waals surface area contributed by atoms with E-state index < -0.39 is 11.5 Å². The van der Waals surface area contributed by atoms with Crippen molar-refractivity contribution >= 4 is 16.9 Å². The summed E-state index contributed by atoms with van der Waals surface area (Å²) in [5.74, 6) is 0.964. The van der Waals surface area contributed by atoms with Crippen molar-refractivity contribution < 1.29 is 14.6 Å². The summed E-state index contributed by atoms with van der Waals surface area (Å²) in [7, 11) is 1.50. The van der Waals surface area contributed by atoms with E-state index >= 15 is 0 Å². The molecule has 5 rings (SSSR count). The maximum atomic E-state index is 12.6. The van der Waals surface area contributed by atoms with Crippen molar-refractivity contribution in [2.24, 2.45) is 5.92 Å². The summed E-state index contributed by atoms with van der Waals surface area (Å²) in [4.78, 5) is 32.4. The number of hydrogen-bond donors (Lipinski definition) is 4. The van der Waals surface area contributed by atoms with Gasteiger partial charge in [-0.2, -0.15) is 0 Å². The van der Waals surface area contributed by atoms with Crippen LogP contribution in [0.2, 0.25) is 0 Å². The molecule has 8 heteroatoms. The number of nitrogens with zero attached hydrogens (tertiary/aromatic N) is 1. The molecule has 1 aliphatic heterocycles. The largest absolute Gasteiger partial charge is 0.507 e. The van der Waals surface area contributed by atoms with E-state index in [2.05, 4.69) is 15.6 Å². The van der Waals surface area contributed by atoms with Gasteiger partial charge in [0.25, 0.3) is 11.5 Å². The third kappa shape index (κ3) is 4.30. The Morgan fingerprint density at radius 1 is 1.27 bits per heavy atom. The number of fused-ring (bicyclic) bond motifs is 1. The number of amides is 1. The number of pyridine rings is 2. The minimum Gasteiger partial charge on any atom is -0.507 e. The normalized spacial score (nSPS) is 18.3. The van der Waals surface area contributed by atoms with Gasteiger partial charge >= 0.3 is 0 Å². The number of nitrogens with one attached hydrogen (secondary N) is 3. The smallest absolute Gasteiger partial charge is 0.262 e. The van der Waals surface area contributed by atoms with E-state index in [4.69, 9.17) is 9.72 Å². The van der Waals surface area contributed by atoms with Crippen LogP contribution in [0.5, 0.6) is 11.5 Å². The van der Waals surface area contributed by atoms with Crippen molar-refractivity contribution in [3.05, 3.63) is 51.8 Å². The van der Waals surface area contributed by atoms with E-state index in [9.17, 15) is 14.7 Å². The molecular formula is C25H28N4O4. The third-order valence-electron chi connectivity index (χ3n) is 6.50. The molecule has 4 N–H and O–H groups in total. The lowest BCUT2D eigenvalue weighted by atomic mass is 9.88. The van der Waals surface area contributed by atoms with Gasteiger partial charge in [0.2, 0.25) is 0 Å². The molecule has 2 aliphatic rings. The van der Waals surface area contributed by atoms with Crippen LogP contribution in [-0.4, -0.2) is 47.7 Å². The second-order valence-electron chi connectivity index (χ2n) is 8.90. The molecule has 0 spiro atoms. The van der Waals surface area contributed by atoms with Crippen LogP contribution in [0.4, 0.5) is 0 Å². The molecule has 0 bridgehead atoms. The zero-order valence-electron chi connectivity index (χ0n) is 18.6. The van der Waals surface area contributed by atoms with Crippen LogP contribution in [0.3, 0.4) is 0 Å². The molecule has 2 fully saturated rings. The molecule has 3 aromatic rings. The fourth-order valence-electron chi connectivity index (χ4n) is 4.48. The van der Waals surface area contributed by atoms with Crippen molar-refractivity contribution in [1.29, 1.82) is 0 Å². The fraction of sp³-hybridized carbons (Fsp3) is 0.400. The molecule has 33 heavy (non-hydrogen) atoms. The molecule has 8 nitrogen and oxygen atoms in total. The van der Waals surface area contributed by atoms with Gasteiger partial charge in [-0.3, -0.25) is 9.59 Å². The average molecular weight is 449 g/mol. The molecule has 1 aromatic carbocycles. The molecule has 1 unspecified atom stereocenters. The number of carbonyl (C=O) groups is 1. The number of benzene rings is 1. The number of aromatic amines is 1. The molecule has 1 amide bonds. The fourth-order valence-corrected chi connectivity index (χ4v) is 4.48. The van der Waals surface area contributed by atoms with Crippen LogP contribution in [0, 0.1) is 5.92 Å². The van der Waals surface area contributed by atoms with Gasteiger partial charge in [-0.15, -0.1) is 0 Å². The van der Waals surface area contributed by atoms with Crippen LogP contribution in [0.25, 0.3) is 22.3 Å². The average Bonchev–Trinajstić information content (AvgIpc) is 3.66. The lowest BCUT2D eigenvalue weighted by Crippen LogP contribution is -2.29. The van der Waals surface area contributed by atoms with E-state index in [0.717, 1.165) is 49.7 Å². The predicted molar refractivity (Wildman–Crippen MR) is 126 cm³/mol. The molecule has 1 aliphatic carbocycles. The molecule has 1 atom stereocenters. The Morgan fingerprint density at radius 3 is 2.85 bits per heavy atom. The number of hydrogen-bond acceptors (Lipinski definition) is 6. The maximum Gasteiger partial charge on any atom is 0.262 e. The van der Waals surface area contributed by atoms with Gasteiger partial charge in [-0.25, -0.2) is 4.98 Å². The SMILES string of the molecule is CNC(=O)c1cc2c(C3CCCNC3)cc(-c3c(O)cccc3OCC3CC3)nc2[nH]c1=O. The van der Waals surface area contributed by atoms with Crippen molar-refractivity contribution in [1.82, 2.24) is 20.6 Å². The number of aromatic hydroxyl groups is 1. The third-order valence-corrected chi connectivity index (χ3v) is 6.50. The van der Waals surface area contributed by atoms with E-state index in [1.807, 2.05) is 12.1 Å². The minimum absolute atomic E-state index is 0.0561. The number of ether oxygens (including phenoxy) is 1. The minimum atomic E-state index is -0.498. The Morgan fingerprint density at radius 2 is 2.12 bits per heavy atom. The topological polar surface area (TPSA) is 116 Å². The van der Waals surface area contributed by atoms with Crippen molar-refractivity contribution in [2.75, 3.05) is 26.7 Å². The summed E-state index contributed by atoms with van der Waals surface area (Å²) in [5.41, 5.74) is 1.99. The highest BCUT2D eigenvalue weighted by Crippen LogP contribution is 2.41. The van der Waals surface area contributed by atoms with Gasteiger partial charge in [0, 0.05) is 19.0 Å². The maximum absolute atomic E-state index is 12.6. The van der Waals surface area contributed by atoms with E-state index in [-0.39, 0.29) is 17.2 Å². The number of carbonyl (C=O) groups excluding carboxylic acids is 1. The first-order valence-corrected chi connectivity index (χ1v) is 11.5. The molecule has 0 radical (unpaired) electrons. The monoisotopic (exact) mass is 448 g/mol. The predicted octanol–water partition coefficient (Wildman–Crippen LogP) is 2.91. The second-order valence-corrected chi connectivity index (χ2v) is 8.90. The highest BCUT2D eigenvalue weighted by Gasteiger charge is 2.25. The Bertz CT molecular complexity index is 1260. The molecule has 3 heterocycles. The molecular weight excluding hydrogens is 420 g/mol. The molecule has 1 saturated heterocycles. The van der Waals surface area contributed by atoms with Crippen LogP contribution in [0.1, 0.15) is 47.5 Å². The van der Waals surface area contributed by atoms with E-state index in [0.29, 0.717) is 35.2 Å². The Hall–Kier alpha value is -3.39. The van der Waals surface area contributed by atoms with Crippen molar-refractivity contribution in [3.63, 3.8) is 0 Å². The quantitative estimate of drug-likeness (QED) is 0.461. The summed E-state index contributed by atoms with van der Waals surface area (Å²) < 4.78 is 6.05. The zero-order valence-corrected chi connectivity index (χ0v) is 18.6. The summed E-state index contributed by atoms with van der Waals surface area (Å²) in [6.07, 6.45) is 4.33. The lowest BCUT2D eigenvalue weighted by Gasteiger charge is -2.25. The van der Waals surface area contributed by atoms with Gasteiger partial charge < -0.3 is 25.5 Å². The van der Waals surface area contributed by atoms with E-state index in [1.54, 1.807) is 18.2 Å². The Labute approximate surface area is 191 Å². The first kappa shape index (κ1) is 21.5. The second kappa shape index (κ2) is 8.86. The number of aromatic nitrogens is 2. The molecule has 2 aromatic heterocycles. The number of piperidine rings is 1. The van der Waals surface area contributed by atoms with Crippen LogP contribution in [0.15, 0.2) is 35.1 Å². The van der Waals surface area contributed by atoms with Gasteiger partial charge in [0.1, 0.15) is 22.7 Å². The Kier molecular flexibility index (Phi) is 5.76. The van der Waals surface area contributed by atoms with Crippen LogP contribution in [-0.2, 0) is 0 Å². The Balaban J connectivity index is 1.69. The number of H-pyrrole nitrogens is 1. The van der Waals surface area contributed by atoms with Crippen LogP contribution >= 0.6 is 0 Å². The van der Waals surface area contributed by atoms with E-state index in [1.165, 1.54) is 7.05 Å². The summed E-state index contributed by atoms with van der Waals surface area (Å²) in [6.45, 7) is 2.36. The van der Waals surface area contributed by atoms with Gasteiger partial charge in [0.05, 0.1) is 17.9 Å². The summed E-state index contributed by atoms with van der Waals surface area (Å²) in [5, 5.41) is 17.4. The van der Waals surface area contributed by atoms with Crippen molar-refractivity contribution in [2.45, 2.75) is 31.6 Å². The highest BCUT2D eigenvalue weighted by molar-refractivity contribution is 5.97. The highest BCUT2D eigenvalue weighted by atomic mass is 16.5. The van der Waals surface area contributed by atoms with Gasteiger partial charge in [0.15, 0.2) is 0 Å². The van der Waals surface area contributed by atoms with Crippen molar-refractivity contribution in [3.8, 4) is 22.8 Å². The first-order chi connectivity index (χ1) is 16.0. The number of rotatable bonds is 6. The molecule has 1 saturated carbocycles. The number of phenolic OH excluding ortho intramolecular Hbond substituents is 1. The lowest BCUT2D eigenvalue weighted by molar-refractivity contribution is 0.0961. The summed E-state index contributed by atoms with van der Waals surface area (Å²) in [6, 6.07) is 8.80.